The predicted octanol–water partition coefficient (Wildman–Crippen LogP) is 4.08. The fourth-order valence-electron chi connectivity index (χ4n) is 1.57. The van der Waals surface area contributed by atoms with Crippen LogP contribution in [-0.4, -0.2) is 17.0 Å². The number of aromatic nitrogens is 2. The molecule has 0 unspecified atom stereocenters. The van der Waals surface area contributed by atoms with E-state index in [1.165, 1.54) is 4.88 Å². The summed E-state index contributed by atoms with van der Waals surface area (Å²) >= 11 is 5.18. The van der Waals surface area contributed by atoms with Gasteiger partial charge in [-0.1, -0.05) is 13.8 Å². The number of hydrogen-bond acceptors (Lipinski definition) is 5. The van der Waals surface area contributed by atoms with Crippen molar-refractivity contribution >= 4 is 38.9 Å². The Balaban J connectivity index is 2.12. The number of rotatable bonds is 5. The minimum absolute atomic E-state index is 0.310. The summed E-state index contributed by atoms with van der Waals surface area (Å²) < 4.78 is 1.12. The molecule has 0 radical (unpaired) electrons. The molecule has 0 aliphatic carbocycles. The summed E-state index contributed by atoms with van der Waals surface area (Å²) in [5, 5.41) is 8.49. The second kappa shape index (κ2) is 6.34. The molecule has 2 heterocycles. The zero-order valence-electron chi connectivity index (χ0n) is 11.2. The van der Waals surface area contributed by atoms with Gasteiger partial charge < -0.3 is 10.6 Å². The quantitative estimate of drug-likeness (QED) is 0.860. The molecule has 0 atom stereocenters. The third-order valence-corrected chi connectivity index (χ3v) is 4.28. The topological polar surface area (TPSA) is 49.8 Å². The Kier molecular flexibility index (Phi) is 4.76. The normalized spacial score (nSPS) is 10.8. The minimum Gasteiger partial charge on any atom is -0.373 e. The maximum Gasteiger partial charge on any atom is 0.135 e. The van der Waals surface area contributed by atoms with Gasteiger partial charge >= 0.3 is 0 Å². The van der Waals surface area contributed by atoms with Crippen LogP contribution < -0.4 is 10.6 Å². The van der Waals surface area contributed by atoms with Gasteiger partial charge in [0, 0.05) is 33.8 Å². The van der Waals surface area contributed by atoms with Crippen LogP contribution in [-0.2, 0) is 6.54 Å². The van der Waals surface area contributed by atoms with Crippen LogP contribution in [0.15, 0.2) is 22.0 Å². The minimum atomic E-state index is 0.310. The van der Waals surface area contributed by atoms with Crippen LogP contribution in [0.3, 0.4) is 0 Å². The lowest BCUT2D eigenvalue weighted by Crippen LogP contribution is -2.07. The lowest BCUT2D eigenvalue weighted by molar-refractivity contribution is 0.776. The second-order valence-corrected chi connectivity index (χ2v) is 6.40. The van der Waals surface area contributed by atoms with E-state index in [-0.39, 0.29) is 0 Å². The van der Waals surface area contributed by atoms with Gasteiger partial charge in [0.25, 0.3) is 0 Å². The highest BCUT2D eigenvalue weighted by molar-refractivity contribution is 9.10. The smallest absolute Gasteiger partial charge is 0.135 e. The van der Waals surface area contributed by atoms with E-state index >= 15 is 0 Å². The van der Waals surface area contributed by atoms with E-state index in [2.05, 4.69) is 61.8 Å². The van der Waals surface area contributed by atoms with Crippen LogP contribution in [0, 0.1) is 0 Å². The van der Waals surface area contributed by atoms with Crippen LogP contribution >= 0.6 is 27.3 Å². The first kappa shape index (κ1) is 14.3. The lowest BCUT2D eigenvalue weighted by Gasteiger charge is -2.11. The summed E-state index contributed by atoms with van der Waals surface area (Å²) in [4.78, 5) is 10.2. The molecule has 0 spiro atoms. The van der Waals surface area contributed by atoms with Crippen molar-refractivity contribution in [2.75, 3.05) is 17.7 Å². The van der Waals surface area contributed by atoms with Crippen molar-refractivity contribution in [2.45, 2.75) is 26.3 Å². The molecule has 19 heavy (non-hydrogen) atoms. The summed E-state index contributed by atoms with van der Waals surface area (Å²) in [5.74, 6) is 2.85. The molecule has 0 bridgehead atoms. The molecule has 0 saturated heterocycles. The molecule has 0 aliphatic heterocycles. The number of halogens is 1. The summed E-state index contributed by atoms with van der Waals surface area (Å²) in [6, 6.07) is 4.04. The Morgan fingerprint density at radius 3 is 2.58 bits per heavy atom. The summed E-state index contributed by atoms with van der Waals surface area (Å²) in [6.07, 6.45) is 0. The third kappa shape index (κ3) is 3.91. The molecule has 102 valence electrons. The molecule has 2 rings (SSSR count). The van der Waals surface area contributed by atoms with Crippen molar-refractivity contribution < 1.29 is 0 Å². The van der Waals surface area contributed by atoms with Crippen molar-refractivity contribution in [1.29, 1.82) is 0 Å². The maximum absolute atomic E-state index is 4.53. The molecule has 4 nitrogen and oxygen atoms in total. The van der Waals surface area contributed by atoms with Gasteiger partial charge in [0.05, 0.1) is 6.54 Å². The number of anilines is 2. The third-order valence-electron chi connectivity index (χ3n) is 2.58. The second-order valence-electron chi connectivity index (χ2n) is 4.49. The summed E-state index contributed by atoms with van der Waals surface area (Å²) in [7, 11) is 1.87. The molecule has 2 aromatic heterocycles. The SMILES string of the molecule is CNc1cc(NCc2cc(Br)cs2)nc(C(C)C)n1. The number of nitrogens with one attached hydrogen (secondary N) is 2. The number of nitrogens with zero attached hydrogens (tertiary/aromatic N) is 2. The van der Waals surface area contributed by atoms with Crippen LogP contribution in [0.25, 0.3) is 0 Å². The molecule has 0 fully saturated rings. The average Bonchev–Trinajstić information content (AvgIpc) is 2.81. The molecule has 0 aliphatic rings. The molecule has 0 saturated carbocycles. The summed E-state index contributed by atoms with van der Waals surface area (Å²) in [5.41, 5.74) is 0. The molecule has 2 aromatic rings. The number of hydrogen-bond donors (Lipinski definition) is 2. The first-order valence-corrected chi connectivity index (χ1v) is 7.79. The standard InChI is InChI=1S/C13H17BrN4S/c1-8(2)13-17-11(15-3)5-12(18-13)16-6-10-4-9(14)7-19-10/h4-5,7-8H,6H2,1-3H3,(H2,15,16,17,18). The molecule has 2 N–H and O–H groups in total. The predicted molar refractivity (Wildman–Crippen MR) is 85.0 cm³/mol. The zero-order valence-corrected chi connectivity index (χ0v) is 13.6. The molecule has 6 heteroatoms. The van der Waals surface area contributed by atoms with Gasteiger partial charge in [-0.3, -0.25) is 0 Å². The summed E-state index contributed by atoms with van der Waals surface area (Å²) in [6.45, 7) is 4.96. The van der Waals surface area contributed by atoms with Crippen molar-refractivity contribution in [3.05, 3.63) is 32.7 Å². The highest BCUT2D eigenvalue weighted by Crippen LogP contribution is 2.21. The van der Waals surface area contributed by atoms with Gasteiger partial charge in [-0.05, 0) is 22.0 Å². The molecule has 0 aromatic carbocycles. The van der Waals surface area contributed by atoms with Crippen molar-refractivity contribution in [2.24, 2.45) is 0 Å². The Labute approximate surface area is 125 Å². The van der Waals surface area contributed by atoms with Crippen LogP contribution in [0.4, 0.5) is 11.6 Å². The van der Waals surface area contributed by atoms with Gasteiger partial charge in [-0.2, -0.15) is 0 Å². The van der Waals surface area contributed by atoms with Gasteiger partial charge in [0.15, 0.2) is 0 Å². The first-order valence-electron chi connectivity index (χ1n) is 6.12. The van der Waals surface area contributed by atoms with E-state index in [9.17, 15) is 0 Å². The van der Waals surface area contributed by atoms with E-state index in [1.54, 1.807) is 11.3 Å². The van der Waals surface area contributed by atoms with Crippen molar-refractivity contribution in [3.8, 4) is 0 Å². The van der Waals surface area contributed by atoms with Gasteiger partial charge in [-0.15, -0.1) is 11.3 Å². The van der Waals surface area contributed by atoms with E-state index in [4.69, 9.17) is 0 Å². The van der Waals surface area contributed by atoms with E-state index < -0.39 is 0 Å². The van der Waals surface area contributed by atoms with E-state index in [0.717, 1.165) is 28.5 Å². The Morgan fingerprint density at radius 1 is 1.26 bits per heavy atom. The van der Waals surface area contributed by atoms with Gasteiger partial charge in [-0.25, -0.2) is 9.97 Å². The maximum atomic E-state index is 4.53. The largest absolute Gasteiger partial charge is 0.373 e. The van der Waals surface area contributed by atoms with Crippen LogP contribution in [0.5, 0.6) is 0 Å². The van der Waals surface area contributed by atoms with Crippen LogP contribution in [0.1, 0.15) is 30.5 Å². The van der Waals surface area contributed by atoms with Gasteiger partial charge in [0.2, 0.25) is 0 Å². The van der Waals surface area contributed by atoms with E-state index in [1.807, 2.05) is 13.1 Å². The Hall–Kier alpha value is -1.14. The van der Waals surface area contributed by atoms with Crippen LogP contribution in [0.2, 0.25) is 0 Å². The lowest BCUT2D eigenvalue weighted by atomic mass is 10.2. The highest BCUT2D eigenvalue weighted by atomic mass is 79.9. The number of thiophene rings is 1. The Bertz CT molecular complexity index is 553. The van der Waals surface area contributed by atoms with Crippen molar-refractivity contribution in [3.63, 3.8) is 0 Å². The highest BCUT2D eigenvalue weighted by Gasteiger charge is 2.07. The Morgan fingerprint density at radius 2 is 2.00 bits per heavy atom. The fraction of sp³-hybridized carbons (Fsp3) is 0.385. The fourth-order valence-corrected chi connectivity index (χ4v) is 2.96. The van der Waals surface area contributed by atoms with Crippen molar-refractivity contribution in [1.82, 2.24) is 9.97 Å². The van der Waals surface area contributed by atoms with Gasteiger partial charge in [0.1, 0.15) is 17.5 Å². The zero-order chi connectivity index (χ0) is 13.8. The molecular formula is C13H17BrN4S. The molecular weight excluding hydrogens is 324 g/mol. The monoisotopic (exact) mass is 340 g/mol. The van der Waals surface area contributed by atoms with E-state index in [0.29, 0.717) is 5.92 Å². The first-order chi connectivity index (χ1) is 9.08. The molecule has 0 amide bonds. The average molecular weight is 341 g/mol.